The summed E-state index contributed by atoms with van der Waals surface area (Å²) in [6, 6.07) is 10.4. The molecule has 2 aliphatic rings. The predicted octanol–water partition coefficient (Wildman–Crippen LogP) is 4.82. The van der Waals surface area contributed by atoms with Crippen molar-refractivity contribution in [3.8, 4) is 0 Å². The SMILES string of the molecule is COCc1nc(SCCCC(=O)N2CC3(C)CC2CC(C)(C)C3)n(C)c(=O)c1Cc1ccccc1. The molecule has 2 bridgehead atoms. The highest BCUT2D eigenvalue weighted by Gasteiger charge is 2.50. The van der Waals surface area contributed by atoms with Crippen molar-refractivity contribution in [2.24, 2.45) is 17.9 Å². The lowest BCUT2D eigenvalue weighted by Gasteiger charge is -2.39. The van der Waals surface area contributed by atoms with E-state index in [0.717, 1.165) is 37.1 Å². The van der Waals surface area contributed by atoms with E-state index in [1.165, 1.54) is 6.42 Å². The lowest BCUT2D eigenvalue weighted by molar-refractivity contribution is -0.132. The standard InChI is InChI=1S/C28H39N3O3S/c1-27(2)15-21-16-28(3,18-27)19-31(21)24(32)12-9-13-35-26-29-23(17-34-5)22(25(33)30(26)4)14-20-10-7-6-8-11-20/h6-8,10-11,21H,9,12-19H2,1-5H3. The Hall–Kier alpha value is -2.12. The van der Waals surface area contributed by atoms with Gasteiger partial charge >= 0.3 is 0 Å². The van der Waals surface area contributed by atoms with Crippen LogP contribution in [0.3, 0.4) is 0 Å². The summed E-state index contributed by atoms with van der Waals surface area (Å²) in [7, 11) is 3.40. The fourth-order valence-electron chi connectivity index (χ4n) is 6.32. The molecule has 7 heteroatoms. The summed E-state index contributed by atoms with van der Waals surface area (Å²) in [6.45, 7) is 8.21. The van der Waals surface area contributed by atoms with Crippen LogP contribution in [0.1, 0.15) is 69.7 Å². The summed E-state index contributed by atoms with van der Waals surface area (Å²) in [4.78, 5) is 33.2. The number of carbonyl (C=O) groups is 1. The van der Waals surface area contributed by atoms with Crippen LogP contribution in [0, 0.1) is 10.8 Å². The Labute approximate surface area is 213 Å². The van der Waals surface area contributed by atoms with Gasteiger partial charge in [-0.25, -0.2) is 4.98 Å². The molecular weight excluding hydrogens is 458 g/mol. The second kappa shape index (κ2) is 10.5. The number of fused-ring (bicyclic) bond motifs is 2. The third-order valence-corrected chi connectivity index (χ3v) is 8.55. The summed E-state index contributed by atoms with van der Waals surface area (Å²) in [6.07, 6.45) is 5.29. The Bertz CT molecular complexity index is 1110. The Morgan fingerprint density at radius 2 is 1.94 bits per heavy atom. The molecule has 1 aromatic heterocycles. The minimum atomic E-state index is -0.0327. The summed E-state index contributed by atoms with van der Waals surface area (Å²) in [5, 5.41) is 0.678. The van der Waals surface area contributed by atoms with Crippen LogP contribution < -0.4 is 5.56 Å². The van der Waals surface area contributed by atoms with Crippen LogP contribution in [0.2, 0.25) is 0 Å². The van der Waals surface area contributed by atoms with Gasteiger partial charge in [-0.3, -0.25) is 14.2 Å². The number of nitrogens with zero attached hydrogens (tertiary/aromatic N) is 3. The molecule has 0 spiro atoms. The van der Waals surface area contributed by atoms with Gasteiger partial charge in [0.1, 0.15) is 0 Å². The molecule has 2 aromatic rings. The fraction of sp³-hybridized carbons (Fsp3) is 0.607. The number of thioether (sulfide) groups is 1. The van der Waals surface area contributed by atoms with Crippen LogP contribution in [0.25, 0.3) is 0 Å². The Morgan fingerprint density at radius 1 is 1.20 bits per heavy atom. The molecule has 2 atom stereocenters. The van der Waals surface area contributed by atoms with Gasteiger partial charge in [-0.2, -0.15) is 0 Å². The number of rotatable bonds is 9. The van der Waals surface area contributed by atoms with E-state index in [1.807, 2.05) is 30.3 Å². The van der Waals surface area contributed by atoms with E-state index in [2.05, 4.69) is 25.7 Å². The number of hydrogen-bond donors (Lipinski definition) is 0. The third kappa shape index (κ3) is 6.00. The van der Waals surface area contributed by atoms with Crippen LogP contribution in [0.5, 0.6) is 0 Å². The van der Waals surface area contributed by atoms with E-state index >= 15 is 0 Å². The molecule has 190 valence electrons. The molecule has 2 unspecified atom stereocenters. The Balaban J connectivity index is 1.37. The van der Waals surface area contributed by atoms with Crippen molar-refractivity contribution < 1.29 is 9.53 Å². The van der Waals surface area contributed by atoms with E-state index in [0.29, 0.717) is 47.3 Å². The van der Waals surface area contributed by atoms with E-state index in [9.17, 15) is 9.59 Å². The van der Waals surface area contributed by atoms with Crippen LogP contribution in [0.15, 0.2) is 40.3 Å². The molecule has 1 aliphatic carbocycles. The molecule has 1 saturated carbocycles. The highest BCUT2D eigenvalue weighted by atomic mass is 32.2. The number of hydrogen-bond acceptors (Lipinski definition) is 5. The molecule has 6 nitrogen and oxygen atoms in total. The van der Waals surface area contributed by atoms with Crippen LogP contribution in [0.4, 0.5) is 0 Å². The molecule has 1 aromatic carbocycles. The smallest absolute Gasteiger partial charge is 0.257 e. The zero-order valence-electron chi connectivity index (χ0n) is 21.8. The monoisotopic (exact) mass is 497 g/mol. The maximum absolute atomic E-state index is 13.2. The highest BCUT2D eigenvalue weighted by Crippen LogP contribution is 2.52. The van der Waals surface area contributed by atoms with Crippen molar-refractivity contribution in [1.29, 1.82) is 0 Å². The minimum Gasteiger partial charge on any atom is -0.378 e. The number of ether oxygens (including phenoxy) is 1. The summed E-state index contributed by atoms with van der Waals surface area (Å²) < 4.78 is 6.99. The average molecular weight is 498 g/mol. The first-order valence-corrected chi connectivity index (χ1v) is 13.6. The lowest BCUT2D eigenvalue weighted by atomic mass is 9.65. The second-order valence-electron chi connectivity index (χ2n) is 11.5. The summed E-state index contributed by atoms with van der Waals surface area (Å²) in [5.74, 6) is 1.02. The van der Waals surface area contributed by atoms with Crippen molar-refractivity contribution in [1.82, 2.24) is 14.5 Å². The number of methoxy groups -OCH3 is 1. The molecule has 2 fully saturated rings. The fourth-order valence-corrected chi connectivity index (χ4v) is 7.24. The van der Waals surface area contributed by atoms with Gasteiger partial charge in [0.15, 0.2) is 5.16 Å². The molecule has 1 saturated heterocycles. The average Bonchev–Trinajstić information content (AvgIpc) is 3.06. The second-order valence-corrected chi connectivity index (χ2v) is 12.5. The maximum atomic E-state index is 13.2. The zero-order valence-corrected chi connectivity index (χ0v) is 22.6. The molecular formula is C28H39N3O3S. The molecule has 0 N–H and O–H groups in total. The van der Waals surface area contributed by atoms with E-state index in [1.54, 1.807) is 30.5 Å². The van der Waals surface area contributed by atoms with E-state index in [4.69, 9.17) is 9.72 Å². The Kier molecular flexibility index (Phi) is 7.77. The van der Waals surface area contributed by atoms with Crippen LogP contribution in [-0.2, 0) is 29.6 Å². The van der Waals surface area contributed by atoms with Crippen LogP contribution in [-0.4, -0.2) is 45.8 Å². The molecule has 35 heavy (non-hydrogen) atoms. The molecule has 4 rings (SSSR count). The maximum Gasteiger partial charge on any atom is 0.257 e. The molecule has 0 radical (unpaired) electrons. The highest BCUT2D eigenvalue weighted by molar-refractivity contribution is 7.99. The van der Waals surface area contributed by atoms with Gasteiger partial charge in [0.05, 0.1) is 12.3 Å². The van der Waals surface area contributed by atoms with Gasteiger partial charge in [-0.05, 0) is 42.1 Å². The quantitative estimate of drug-likeness (QED) is 0.282. The number of amides is 1. The number of aromatic nitrogens is 2. The van der Waals surface area contributed by atoms with Crippen molar-refractivity contribution in [2.75, 3.05) is 19.4 Å². The van der Waals surface area contributed by atoms with Gasteiger partial charge in [-0.1, -0.05) is 62.9 Å². The Morgan fingerprint density at radius 3 is 2.66 bits per heavy atom. The molecule has 1 amide bonds. The first-order valence-electron chi connectivity index (χ1n) is 12.6. The molecule has 2 heterocycles. The predicted molar refractivity (Wildman–Crippen MR) is 141 cm³/mol. The minimum absolute atomic E-state index is 0.0327. The van der Waals surface area contributed by atoms with E-state index < -0.39 is 0 Å². The van der Waals surface area contributed by atoms with Crippen molar-refractivity contribution in [3.05, 3.63) is 57.5 Å². The first kappa shape index (κ1) is 26.0. The first-order chi connectivity index (χ1) is 16.6. The largest absolute Gasteiger partial charge is 0.378 e. The summed E-state index contributed by atoms with van der Waals surface area (Å²) >= 11 is 1.54. The lowest BCUT2D eigenvalue weighted by Crippen LogP contribution is -2.37. The molecule has 1 aliphatic heterocycles. The van der Waals surface area contributed by atoms with E-state index in [-0.39, 0.29) is 16.9 Å². The van der Waals surface area contributed by atoms with Crippen LogP contribution >= 0.6 is 11.8 Å². The number of carbonyl (C=O) groups excluding carboxylic acids is 1. The van der Waals surface area contributed by atoms with Gasteiger partial charge in [0.25, 0.3) is 5.56 Å². The van der Waals surface area contributed by atoms with Gasteiger partial charge < -0.3 is 9.64 Å². The van der Waals surface area contributed by atoms with Crippen molar-refractivity contribution in [3.63, 3.8) is 0 Å². The van der Waals surface area contributed by atoms with Crippen molar-refractivity contribution >= 4 is 17.7 Å². The zero-order chi connectivity index (χ0) is 25.2. The van der Waals surface area contributed by atoms with Gasteiger partial charge in [-0.15, -0.1) is 0 Å². The van der Waals surface area contributed by atoms with Gasteiger partial charge in [0.2, 0.25) is 5.91 Å². The van der Waals surface area contributed by atoms with Gasteiger partial charge in [0, 0.05) is 50.9 Å². The summed E-state index contributed by atoms with van der Waals surface area (Å²) in [5.41, 5.74) is 2.99. The number of benzene rings is 1. The van der Waals surface area contributed by atoms with Crippen molar-refractivity contribution in [2.45, 2.75) is 77.1 Å². The number of likely N-dealkylation sites (tertiary alicyclic amines) is 1. The third-order valence-electron chi connectivity index (χ3n) is 7.43. The normalized spacial score (nSPS) is 23.0. The topological polar surface area (TPSA) is 64.4 Å².